The van der Waals surface area contributed by atoms with Crippen LogP contribution >= 0.6 is 0 Å². The minimum absolute atomic E-state index is 0.0364. The van der Waals surface area contributed by atoms with Gasteiger partial charge in [0.1, 0.15) is 18.1 Å². The molecule has 3 rings (SSSR count). The van der Waals surface area contributed by atoms with Crippen LogP contribution in [0.25, 0.3) is 0 Å². The minimum Gasteiger partial charge on any atom is -0.495 e. The number of ether oxygens (including phenoxy) is 2. The van der Waals surface area contributed by atoms with Crippen molar-refractivity contribution in [1.82, 2.24) is 4.72 Å². The SMILES string of the molecule is COc1ccc(S(=O)(=O)N[C@@H](C)COc2ccc(C)cc2)cc1N1CCCC1=O. The molecule has 1 fully saturated rings. The Labute approximate surface area is 171 Å². The molecule has 0 saturated carbocycles. The highest BCUT2D eigenvalue weighted by atomic mass is 32.2. The van der Waals surface area contributed by atoms with Gasteiger partial charge in [-0.2, -0.15) is 0 Å². The highest BCUT2D eigenvalue weighted by Gasteiger charge is 2.27. The number of hydrogen-bond donors (Lipinski definition) is 1. The third-order valence-electron chi connectivity index (χ3n) is 4.70. The van der Waals surface area contributed by atoms with Gasteiger partial charge in [-0.1, -0.05) is 17.7 Å². The number of aryl methyl sites for hydroxylation is 1. The van der Waals surface area contributed by atoms with Crippen LogP contribution in [0.1, 0.15) is 25.3 Å². The minimum atomic E-state index is -3.79. The fraction of sp³-hybridized carbons (Fsp3) is 0.381. The van der Waals surface area contributed by atoms with Crippen molar-refractivity contribution >= 4 is 21.6 Å². The maximum Gasteiger partial charge on any atom is 0.241 e. The number of anilines is 1. The van der Waals surface area contributed by atoms with Crippen LogP contribution in [0.2, 0.25) is 0 Å². The number of benzene rings is 2. The van der Waals surface area contributed by atoms with E-state index in [2.05, 4.69) is 4.72 Å². The molecule has 0 spiro atoms. The molecule has 1 aliphatic heterocycles. The zero-order chi connectivity index (χ0) is 21.0. The van der Waals surface area contributed by atoms with Crippen LogP contribution < -0.4 is 19.1 Å². The Balaban J connectivity index is 1.72. The largest absolute Gasteiger partial charge is 0.495 e. The van der Waals surface area contributed by atoms with E-state index in [0.29, 0.717) is 30.2 Å². The van der Waals surface area contributed by atoms with E-state index in [-0.39, 0.29) is 17.4 Å². The van der Waals surface area contributed by atoms with E-state index in [4.69, 9.17) is 9.47 Å². The second-order valence-corrected chi connectivity index (χ2v) is 8.84. The Kier molecular flexibility index (Phi) is 6.44. The van der Waals surface area contributed by atoms with Gasteiger partial charge in [0.15, 0.2) is 0 Å². The lowest BCUT2D eigenvalue weighted by molar-refractivity contribution is -0.117. The van der Waals surface area contributed by atoms with Crippen LogP contribution in [-0.2, 0) is 14.8 Å². The summed E-state index contributed by atoms with van der Waals surface area (Å²) >= 11 is 0. The first-order valence-corrected chi connectivity index (χ1v) is 11.0. The van der Waals surface area contributed by atoms with Gasteiger partial charge in [0, 0.05) is 13.0 Å². The maximum absolute atomic E-state index is 12.8. The average molecular weight is 419 g/mol. The molecule has 1 atom stereocenters. The van der Waals surface area contributed by atoms with Crippen LogP contribution in [0.15, 0.2) is 47.4 Å². The topological polar surface area (TPSA) is 84.9 Å². The van der Waals surface area contributed by atoms with Crippen molar-refractivity contribution in [3.05, 3.63) is 48.0 Å². The predicted octanol–water partition coefficient (Wildman–Crippen LogP) is 2.88. The van der Waals surface area contributed by atoms with Crippen molar-refractivity contribution in [3.8, 4) is 11.5 Å². The Hall–Kier alpha value is -2.58. The third-order valence-corrected chi connectivity index (χ3v) is 6.29. The molecule has 0 aliphatic carbocycles. The Morgan fingerprint density at radius 1 is 1.17 bits per heavy atom. The Morgan fingerprint density at radius 2 is 1.90 bits per heavy atom. The lowest BCUT2D eigenvalue weighted by atomic mass is 10.2. The Morgan fingerprint density at radius 3 is 2.52 bits per heavy atom. The number of rotatable bonds is 8. The van der Waals surface area contributed by atoms with Crippen molar-refractivity contribution in [1.29, 1.82) is 0 Å². The van der Waals surface area contributed by atoms with E-state index in [1.807, 2.05) is 31.2 Å². The molecule has 1 N–H and O–H groups in total. The van der Waals surface area contributed by atoms with Gasteiger partial charge in [0.25, 0.3) is 0 Å². The summed E-state index contributed by atoms with van der Waals surface area (Å²) in [6, 6.07) is 11.6. The van der Waals surface area contributed by atoms with E-state index in [9.17, 15) is 13.2 Å². The summed E-state index contributed by atoms with van der Waals surface area (Å²) in [6.07, 6.45) is 1.19. The Bertz CT molecular complexity index is 973. The van der Waals surface area contributed by atoms with Gasteiger partial charge < -0.3 is 14.4 Å². The molecule has 0 bridgehead atoms. The molecule has 8 heteroatoms. The monoisotopic (exact) mass is 418 g/mol. The molecule has 2 aromatic rings. The van der Waals surface area contributed by atoms with Crippen molar-refractivity contribution in [2.75, 3.05) is 25.2 Å². The van der Waals surface area contributed by atoms with Crippen LogP contribution in [-0.4, -0.2) is 40.6 Å². The number of nitrogens with one attached hydrogen (secondary N) is 1. The van der Waals surface area contributed by atoms with Crippen molar-refractivity contribution in [3.63, 3.8) is 0 Å². The molecular formula is C21H26N2O5S. The van der Waals surface area contributed by atoms with Crippen molar-refractivity contribution < 1.29 is 22.7 Å². The van der Waals surface area contributed by atoms with Crippen molar-refractivity contribution in [2.45, 2.75) is 37.6 Å². The molecular weight excluding hydrogens is 392 g/mol. The molecule has 1 saturated heterocycles. The number of hydrogen-bond acceptors (Lipinski definition) is 5. The number of amides is 1. The summed E-state index contributed by atoms with van der Waals surface area (Å²) in [5, 5.41) is 0. The maximum atomic E-state index is 12.8. The van der Waals surface area contributed by atoms with Crippen LogP contribution in [0.5, 0.6) is 11.5 Å². The molecule has 1 heterocycles. The zero-order valence-corrected chi connectivity index (χ0v) is 17.7. The summed E-state index contributed by atoms with van der Waals surface area (Å²) in [7, 11) is -2.29. The molecule has 1 aliphatic rings. The number of carbonyl (C=O) groups is 1. The lowest BCUT2D eigenvalue weighted by Gasteiger charge is -2.21. The van der Waals surface area contributed by atoms with Crippen LogP contribution in [0.3, 0.4) is 0 Å². The van der Waals surface area contributed by atoms with Gasteiger partial charge in [-0.25, -0.2) is 13.1 Å². The fourth-order valence-corrected chi connectivity index (χ4v) is 4.42. The number of methoxy groups -OCH3 is 1. The van der Waals surface area contributed by atoms with Gasteiger partial charge in [0.05, 0.1) is 23.7 Å². The third kappa shape index (κ3) is 5.07. The number of sulfonamides is 1. The standard InChI is InChI=1S/C21H26N2O5S/c1-15-6-8-17(9-7-15)28-14-16(2)22-29(25,26)18-10-11-20(27-3)19(13-18)23-12-4-5-21(23)24/h6-11,13,16,22H,4-5,12,14H2,1-3H3/t16-/m0/s1. The van der Waals surface area contributed by atoms with Gasteiger partial charge >= 0.3 is 0 Å². The van der Waals surface area contributed by atoms with Gasteiger partial charge in [-0.3, -0.25) is 4.79 Å². The normalized spacial score (nSPS) is 15.4. The van der Waals surface area contributed by atoms with E-state index in [1.54, 1.807) is 17.9 Å². The molecule has 1 amide bonds. The van der Waals surface area contributed by atoms with E-state index in [0.717, 1.165) is 12.0 Å². The summed E-state index contributed by atoms with van der Waals surface area (Å²) in [5.41, 5.74) is 1.60. The molecule has 29 heavy (non-hydrogen) atoms. The second-order valence-electron chi connectivity index (χ2n) is 7.13. The number of carbonyl (C=O) groups excluding carboxylic acids is 1. The molecule has 0 aromatic heterocycles. The summed E-state index contributed by atoms with van der Waals surface area (Å²) < 4.78 is 39.3. The molecule has 2 aromatic carbocycles. The fourth-order valence-electron chi connectivity index (χ4n) is 3.17. The van der Waals surface area contributed by atoms with Crippen molar-refractivity contribution in [2.24, 2.45) is 0 Å². The quantitative estimate of drug-likeness (QED) is 0.713. The smallest absolute Gasteiger partial charge is 0.241 e. The summed E-state index contributed by atoms with van der Waals surface area (Å²) in [5.74, 6) is 1.11. The van der Waals surface area contributed by atoms with Gasteiger partial charge in [-0.05, 0) is 50.6 Å². The highest BCUT2D eigenvalue weighted by Crippen LogP contribution is 2.33. The lowest BCUT2D eigenvalue weighted by Crippen LogP contribution is -2.37. The molecule has 156 valence electrons. The first kappa shape index (κ1) is 21.1. The molecule has 7 nitrogen and oxygen atoms in total. The first-order valence-electron chi connectivity index (χ1n) is 9.50. The van der Waals surface area contributed by atoms with E-state index < -0.39 is 16.1 Å². The van der Waals surface area contributed by atoms with E-state index >= 15 is 0 Å². The van der Waals surface area contributed by atoms with Gasteiger partial charge in [-0.15, -0.1) is 0 Å². The average Bonchev–Trinajstić information content (AvgIpc) is 3.12. The molecule has 0 radical (unpaired) electrons. The zero-order valence-electron chi connectivity index (χ0n) is 16.8. The van der Waals surface area contributed by atoms with Crippen LogP contribution in [0.4, 0.5) is 5.69 Å². The summed E-state index contributed by atoms with van der Waals surface area (Å²) in [4.78, 5) is 13.8. The molecule has 0 unspecified atom stereocenters. The van der Waals surface area contributed by atoms with Gasteiger partial charge in [0.2, 0.25) is 15.9 Å². The predicted molar refractivity (Wildman–Crippen MR) is 111 cm³/mol. The van der Waals surface area contributed by atoms with Crippen LogP contribution in [0, 0.1) is 6.92 Å². The highest BCUT2D eigenvalue weighted by molar-refractivity contribution is 7.89. The van der Waals surface area contributed by atoms with E-state index in [1.165, 1.54) is 19.2 Å². The number of nitrogens with zero attached hydrogens (tertiary/aromatic N) is 1. The summed E-state index contributed by atoms with van der Waals surface area (Å²) in [6.45, 7) is 4.46. The first-order chi connectivity index (χ1) is 13.8. The second kappa shape index (κ2) is 8.84.